The molecule has 13 heavy (non-hydrogen) atoms. The van der Waals surface area contributed by atoms with Crippen molar-refractivity contribution in [1.82, 2.24) is 4.98 Å². The van der Waals surface area contributed by atoms with Crippen LogP contribution < -0.4 is 4.74 Å². The first-order valence-electron chi connectivity index (χ1n) is 4.76. The maximum atomic E-state index is 5.50. The molecule has 0 saturated carbocycles. The van der Waals surface area contributed by atoms with E-state index in [4.69, 9.17) is 4.74 Å². The van der Waals surface area contributed by atoms with E-state index < -0.39 is 0 Å². The molecule has 1 rings (SSSR count). The molecule has 2 heteroatoms. The Balaban J connectivity index is 2.86. The van der Waals surface area contributed by atoms with Crippen LogP contribution in [0.25, 0.3) is 0 Å². The van der Waals surface area contributed by atoms with Gasteiger partial charge in [0, 0.05) is 11.8 Å². The minimum absolute atomic E-state index is 0.194. The Morgan fingerprint density at radius 1 is 1.38 bits per heavy atom. The molecule has 0 aliphatic carbocycles. The third kappa shape index (κ3) is 2.72. The second-order valence-corrected chi connectivity index (χ2v) is 3.43. The summed E-state index contributed by atoms with van der Waals surface area (Å²) in [4.78, 5) is 4.41. The number of hydrogen-bond donors (Lipinski definition) is 0. The minimum Gasteiger partial charge on any atom is -0.475 e. The van der Waals surface area contributed by atoms with Gasteiger partial charge in [0.2, 0.25) is 5.88 Å². The van der Waals surface area contributed by atoms with E-state index in [0.717, 1.165) is 18.0 Å². The number of hydrogen-bond acceptors (Lipinski definition) is 2. The summed E-state index contributed by atoms with van der Waals surface area (Å²) in [5, 5.41) is 0. The average molecular weight is 179 g/mol. The van der Waals surface area contributed by atoms with Crippen LogP contribution in [0.15, 0.2) is 12.1 Å². The van der Waals surface area contributed by atoms with Crippen molar-refractivity contribution in [3.8, 4) is 5.88 Å². The summed E-state index contributed by atoms with van der Waals surface area (Å²) in [7, 11) is 0. The molecule has 0 radical (unpaired) electrons. The van der Waals surface area contributed by atoms with E-state index in [2.05, 4.69) is 24.9 Å². The van der Waals surface area contributed by atoms with E-state index in [-0.39, 0.29) is 6.10 Å². The molecule has 0 aliphatic heterocycles. The highest BCUT2D eigenvalue weighted by atomic mass is 16.5. The third-order valence-electron chi connectivity index (χ3n) is 1.87. The Morgan fingerprint density at radius 2 is 2.08 bits per heavy atom. The van der Waals surface area contributed by atoms with Crippen LogP contribution in [0.3, 0.4) is 0 Å². The monoisotopic (exact) mass is 179 g/mol. The number of aryl methyl sites for hydroxylation is 2. The van der Waals surface area contributed by atoms with E-state index in [1.54, 1.807) is 0 Å². The molecule has 0 N–H and O–H groups in total. The van der Waals surface area contributed by atoms with Gasteiger partial charge in [-0.05, 0) is 32.8 Å². The summed E-state index contributed by atoms with van der Waals surface area (Å²) in [6, 6.07) is 3.98. The van der Waals surface area contributed by atoms with Gasteiger partial charge in [-0.25, -0.2) is 4.98 Å². The van der Waals surface area contributed by atoms with Crippen LogP contribution in [-0.4, -0.2) is 11.1 Å². The highest BCUT2D eigenvalue weighted by Crippen LogP contribution is 2.13. The molecule has 0 aromatic carbocycles. The maximum absolute atomic E-state index is 5.50. The van der Waals surface area contributed by atoms with Crippen molar-refractivity contribution in [2.75, 3.05) is 0 Å². The lowest BCUT2D eigenvalue weighted by Crippen LogP contribution is -2.07. The molecule has 2 nitrogen and oxygen atoms in total. The largest absolute Gasteiger partial charge is 0.475 e. The fourth-order valence-electron chi connectivity index (χ4n) is 1.22. The predicted molar refractivity (Wildman–Crippen MR) is 54.1 cm³/mol. The fourth-order valence-corrected chi connectivity index (χ4v) is 1.22. The molecule has 1 heterocycles. The topological polar surface area (TPSA) is 22.1 Å². The van der Waals surface area contributed by atoms with Gasteiger partial charge in [0.15, 0.2) is 0 Å². The van der Waals surface area contributed by atoms with Crippen LogP contribution in [0.4, 0.5) is 0 Å². The summed E-state index contributed by atoms with van der Waals surface area (Å²) in [6.07, 6.45) is 1.15. The van der Waals surface area contributed by atoms with Crippen molar-refractivity contribution >= 4 is 0 Å². The first-order chi connectivity index (χ1) is 6.13. The Kier molecular flexibility index (Phi) is 3.29. The molecular formula is C11H17NO. The molecule has 72 valence electrons. The highest BCUT2D eigenvalue weighted by Gasteiger charge is 2.02. The summed E-state index contributed by atoms with van der Waals surface area (Å²) in [5.74, 6) is 0.734. The summed E-state index contributed by atoms with van der Waals surface area (Å²) >= 11 is 0. The molecule has 1 aromatic rings. The van der Waals surface area contributed by atoms with Crippen LogP contribution >= 0.6 is 0 Å². The second kappa shape index (κ2) is 4.26. The zero-order valence-corrected chi connectivity index (χ0v) is 8.79. The van der Waals surface area contributed by atoms with Gasteiger partial charge < -0.3 is 4.74 Å². The van der Waals surface area contributed by atoms with Crippen molar-refractivity contribution in [3.05, 3.63) is 23.4 Å². The second-order valence-electron chi connectivity index (χ2n) is 3.43. The highest BCUT2D eigenvalue weighted by molar-refractivity contribution is 5.24. The van der Waals surface area contributed by atoms with Gasteiger partial charge in [0.1, 0.15) is 0 Å². The molecule has 0 atom stereocenters. The van der Waals surface area contributed by atoms with Crippen LogP contribution in [0, 0.1) is 6.92 Å². The normalized spacial score (nSPS) is 10.5. The van der Waals surface area contributed by atoms with Crippen molar-refractivity contribution in [3.63, 3.8) is 0 Å². The van der Waals surface area contributed by atoms with Gasteiger partial charge in [0.25, 0.3) is 0 Å². The molecule has 0 unspecified atom stereocenters. The zero-order chi connectivity index (χ0) is 9.84. The van der Waals surface area contributed by atoms with Crippen LogP contribution in [0.1, 0.15) is 32.0 Å². The molecule has 0 saturated heterocycles. The summed E-state index contributed by atoms with van der Waals surface area (Å²) in [6.45, 7) is 8.19. The van der Waals surface area contributed by atoms with Crippen molar-refractivity contribution in [2.24, 2.45) is 0 Å². The minimum atomic E-state index is 0.194. The Hall–Kier alpha value is -1.05. The van der Waals surface area contributed by atoms with Gasteiger partial charge in [-0.15, -0.1) is 0 Å². The standard InChI is InChI=1S/C11H17NO/c1-5-10-9(4)6-7-11(12-10)13-8(2)3/h6-8H,5H2,1-4H3. The molecular weight excluding hydrogens is 162 g/mol. The molecule has 0 bridgehead atoms. The van der Waals surface area contributed by atoms with E-state index in [1.165, 1.54) is 5.56 Å². The van der Waals surface area contributed by atoms with Gasteiger partial charge in [-0.1, -0.05) is 13.0 Å². The van der Waals surface area contributed by atoms with Gasteiger partial charge in [-0.3, -0.25) is 0 Å². The van der Waals surface area contributed by atoms with E-state index in [1.807, 2.05) is 19.9 Å². The molecule has 0 aliphatic rings. The Labute approximate surface area is 80.0 Å². The lowest BCUT2D eigenvalue weighted by Gasteiger charge is -2.10. The fraction of sp³-hybridized carbons (Fsp3) is 0.545. The SMILES string of the molecule is CCc1nc(OC(C)C)ccc1C. The van der Waals surface area contributed by atoms with Gasteiger partial charge in [0.05, 0.1) is 6.10 Å². The molecule has 1 aromatic heterocycles. The van der Waals surface area contributed by atoms with Gasteiger partial charge in [-0.2, -0.15) is 0 Å². The Bertz CT molecular complexity index is 281. The van der Waals surface area contributed by atoms with E-state index >= 15 is 0 Å². The number of pyridine rings is 1. The molecule has 0 fully saturated rings. The maximum Gasteiger partial charge on any atom is 0.213 e. The van der Waals surface area contributed by atoms with Crippen LogP contribution in [-0.2, 0) is 6.42 Å². The Morgan fingerprint density at radius 3 is 2.62 bits per heavy atom. The predicted octanol–water partition coefficient (Wildman–Crippen LogP) is 2.74. The summed E-state index contributed by atoms with van der Waals surface area (Å²) < 4.78 is 5.50. The van der Waals surface area contributed by atoms with Crippen LogP contribution in [0.2, 0.25) is 0 Å². The molecule has 0 spiro atoms. The van der Waals surface area contributed by atoms with E-state index in [9.17, 15) is 0 Å². The number of rotatable bonds is 3. The van der Waals surface area contributed by atoms with E-state index in [0.29, 0.717) is 0 Å². The smallest absolute Gasteiger partial charge is 0.213 e. The quantitative estimate of drug-likeness (QED) is 0.711. The number of aromatic nitrogens is 1. The number of nitrogens with zero attached hydrogens (tertiary/aromatic N) is 1. The molecule has 0 amide bonds. The van der Waals surface area contributed by atoms with Crippen molar-refractivity contribution < 1.29 is 4.74 Å². The third-order valence-corrected chi connectivity index (χ3v) is 1.87. The lowest BCUT2D eigenvalue weighted by molar-refractivity contribution is 0.232. The van der Waals surface area contributed by atoms with Crippen molar-refractivity contribution in [1.29, 1.82) is 0 Å². The number of ether oxygens (including phenoxy) is 1. The van der Waals surface area contributed by atoms with Crippen LogP contribution in [0.5, 0.6) is 5.88 Å². The first-order valence-corrected chi connectivity index (χ1v) is 4.76. The first kappa shape index (κ1) is 10.0. The summed E-state index contributed by atoms with van der Waals surface area (Å²) in [5.41, 5.74) is 2.36. The van der Waals surface area contributed by atoms with Gasteiger partial charge >= 0.3 is 0 Å². The average Bonchev–Trinajstić information content (AvgIpc) is 2.07. The zero-order valence-electron chi connectivity index (χ0n) is 8.79. The lowest BCUT2D eigenvalue weighted by atomic mass is 10.2. The van der Waals surface area contributed by atoms with Crippen molar-refractivity contribution in [2.45, 2.75) is 40.2 Å².